The van der Waals surface area contributed by atoms with Gasteiger partial charge >= 0.3 is 0 Å². The number of H-pyrrole nitrogens is 1. The van der Waals surface area contributed by atoms with Crippen LogP contribution in [0.15, 0.2) is 253 Å². The summed E-state index contributed by atoms with van der Waals surface area (Å²) in [5.41, 5.74) is 18.0. The van der Waals surface area contributed by atoms with Crippen molar-refractivity contribution in [2.45, 2.75) is 74.2 Å². The Labute approximate surface area is 552 Å². The summed E-state index contributed by atoms with van der Waals surface area (Å²) in [6.07, 6.45) is 10.7. The number of hydrogen-bond donors (Lipinski definition) is 4. The quantitative estimate of drug-likeness (QED) is 0.0752. The SMILES string of the molecule is COc1ccc(C2(c3ccc(-c4cn(C(c5ccccc5)(c5ccccc5)c5ccccc5)nc4C)cc3)CCNCC2)cc1.COc1ccc(C2(c3ccc(-c4cn[nH]c4C)cc3)CCNCC2)cc1.COc1ccc(C2(c3ccc(Br)cc3)CCNCC2)cc1. The van der Waals surface area contributed by atoms with Gasteiger partial charge in [-0.2, -0.15) is 10.2 Å². The van der Waals surface area contributed by atoms with Gasteiger partial charge in [0, 0.05) is 43.7 Å². The van der Waals surface area contributed by atoms with Crippen LogP contribution in [-0.4, -0.2) is 80.6 Å². The summed E-state index contributed by atoms with van der Waals surface area (Å²) < 4.78 is 19.4. The number of piperidine rings is 3. The first-order valence-corrected chi connectivity index (χ1v) is 33.2. The van der Waals surface area contributed by atoms with Gasteiger partial charge in [-0.05, 0) is 201 Å². The number of aromatic nitrogens is 4. The fourth-order valence-electron chi connectivity index (χ4n) is 14.7. The first-order valence-electron chi connectivity index (χ1n) is 32.4. The van der Waals surface area contributed by atoms with Crippen LogP contribution >= 0.6 is 15.9 Å². The number of aryl methyl sites for hydroxylation is 2. The van der Waals surface area contributed by atoms with Crippen LogP contribution in [0.1, 0.15) is 100.0 Å². The molecule has 9 aromatic carbocycles. The number of halogens is 1. The molecule has 0 radical (unpaired) electrons. The maximum absolute atomic E-state index is 5.46. The first-order chi connectivity index (χ1) is 45.1. The van der Waals surface area contributed by atoms with Crippen LogP contribution in [0.25, 0.3) is 22.3 Å². The van der Waals surface area contributed by atoms with E-state index in [4.69, 9.17) is 19.3 Å². The number of benzene rings is 9. The van der Waals surface area contributed by atoms with E-state index in [0.717, 1.165) is 116 Å². The fourth-order valence-corrected chi connectivity index (χ4v) is 15.0. The van der Waals surface area contributed by atoms with Crippen LogP contribution in [0.5, 0.6) is 17.2 Å². The van der Waals surface area contributed by atoms with Gasteiger partial charge in [-0.3, -0.25) is 9.78 Å². The highest BCUT2D eigenvalue weighted by Gasteiger charge is 2.41. The van der Waals surface area contributed by atoms with Crippen molar-refractivity contribution in [3.8, 4) is 39.5 Å². The smallest absolute Gasteiger partial charge is 0.138 e. The second-order valence-corrected chi connectivity index (χ2v) is 25.5. The highest BCUT2D eigenvalue weighted by Crippen LogP contribution is 2.46. The maximum atomic E-state index is 5.46. The van der Waals surface area contributed by atoms with Crippen molar-refractivity contribution in [2.24, 2.45) is 0 Å². The molecular weight excluding hydrogens is 1200 g/mol. The summed E-state index contributed by atoms with van der Waals surface area (Å²) in [5.74, 6) is 2.71. The highest BCUT2D eigenvalue weighted by atomic mass is 79.9. The molecule has 5 heterocycles. The summed E-state index contributed by atoms with van der Waals surface area (Å²) in [5, 5.41) is 23.0. The minimum atomic E-state index is -0.639. The summed E-state index contributed by atoms with van der Waals surface area (Å²) in [6, 6.07) is 85.0. The normalized spacial score (nSPS) is 15.8. The van der Waals surface area contributed by atoms with Crippen molar-refractivity contribution in [3.05, 3.63) is 315 Å². The van der Waals surface area contributed by atoms with Crippen LogP contribution in [0, 0.1) is 13.8 Å². The Hall–Kier alpha value is -8.84. The van der Waals surface area contributed by atoms with Crippen molar-refractivity contribution in [1.29, 1.82) is 0 Å². The molecule has 0 amide bonds. The number of nitrogens with zero attached hydrogens (tertiary/aromatic N) is 3. The minimum Gasteiger partial charge on any atom is -0.497 e. The molecule has 0 atom stereocenters. The minimum absolute atomic E-state index is 0.0294. The van der Waals surface area contributed by atoms with Crippen LogP contribution < -0.4 is 30.2 Å². The number of rotatable bonds is 15. The number of aromatic amines is 1. The molecule has 0 saturated carbocycles. The van der Waals surface area contributed by atoms with Crippen molar-refractivity contribution >= 4 is 15.9 Å². The van der Waals surface area contributed by atoms with Crippen molar-refractivity contribution in [2.75, 3.05) is 60.6 Å². The monoisotopic (exact) mass is 1280 g/mol. The zero-order chi connectivity index (χ0) is 63.4. The number of hydrogen-bond acceptors (Lipinski definition) is 8. The van der Waals surface area contributed by atoms with Gasteiger partial charge in [0.15, 0.2) is 0 Å². The van der Waals surface area contributed by atoms with Gasteiger partial charge in [-0.15, -0.1) is 0 Å². The molecule has 468 valence electrons. The lowest BCUT2D eigenvalue weighted by Gasteiger charge is -2.39. The molecule has 0 unspecified atom stereocenters. The van der Waals surface area contributed by atoms with Gasteiger partial charge in [-0.1, -0.05) is 204 Å². The average molecular weight is 1280 g/mol. The molecule has 11 heteroatoms. The van der Waals surface area contributed by atoms with Crippen LogP contribution in [0.3, 0.4) is 0 Å². The predicted octanol–water partition coefficient (Wildman–Crippen LogP) is 16.6. The Balaban J connectivity index is 0.000000146. The Morgan fingerprint density at radius 2 is 0.696 bits per heavy atom. The standard InChI is InChI=1S/C41H39N3O.C22H25N3O.C18H20BrNO/c1-31-39(32-18-20-33(21-19-32)40(26-28-42-29-27-40)34-22-24-38(45-2)25-23-34)30-44(43-31)41(35-12-6-3-7-13-35,36-14-8-4-9-15-36)37-16-10-5-11-17-37;1-16-21(15-24-25-16)17-3-5-18(6-4-17)22(11-13-23-14-12-22)19-7-9-20(26-2)10-8-19;1-21-17-8-4-15(5-9-17)18(10-12-20-13-11-18)14-2-6-16(19)7-3-14/h3-25,30,42H,26-29H2,1-2H3;3-10,15,23H,11-14H2,1-2H3,(H,24,25);2-9,20H,10-13H2,1H3. The number of nitrogens with one attached hydrogen (secondary N) is 4. The summed E-state index contributed by atoms with van der Waals surface area (Å²) in [4.78, 5) is 0. The molecule has 10 nitrogen and oxygen atoms in total. The lowest BCUT2D eigenvalue weighted by molar-refractivity contribution is 0.361. The molecule has 11 aromatic rings. The zero-order valence-corrected chi connectivity index (χ0v) is 55.2. The van der Waals surface area contributed by atoms with Crippen molar-refractivity contribution in [1.82, 2.24) is 35.9 Å². The van der Waals surface area contributed by atoms with E-state index in [9.17, 15) is 0 Å². The van der Waals surface area contributed by atoms with E-state index in [0.29, 0.717) is 0 Å². The topological polar surface area (TPSA) is 110 Å². The van der Waals surface area contributed by atoms with Crippen molar-refractivity contribution in [3.63, 3.8) is 0 Å². The van der Waals surface area contributed by atoms with E-state index in [1.54, 1.807) is 21.3 Å². The fraction of sp³-hybridized carbons (Fsp3) is 0.259. The summed E-state index contributed by atoms with van der Waals surface area (Å²) in [7, 11) is 5.15. The predicted molar refractivity (Wildman–Crippen MR) is 378 cm³/mol. The van der Waals surface area contributed by atoms with E-state index in [2.05, 4.69) is 303 Å². The Morgan fingerprint density at radius 3 is 1.00 bits per heavy atom. The average Bonchev–Trinajstić information content (AvgIpc) is 1.37. The van der Waals surface area contributed by atoms with Crippen LogP contribution in [0.4, 0.5) is 0 Å². The van der Waals surface area contributed by atoms with Gasteiger partial charge in [0.2, 0.25) is 0 Å². The van der Waals surface area contributed by atoms with E-state index < -0.39 is 5.54 Å². The van der Waals surface area contributed by atoms with E-state index >= 15 is 0 Å². The van der Waals surface area contributed by atoms with Crippen LogP contribution in [-0.2, 0) is 21.8 Å². The zero-order valence-electron chi connectivity index (χ0n) is 53.6. The molecule has 14 rings (SSSR count). The lowest BCUT2D eigenvalue weighted by Crippen LogP contribution is -2.40. The third-order valence-corrected chi connectivity index (χ3v) is 20.4. The molecule has 0 bridgehead atoms. The summed E-state index contributed by atoms with van der Waals surface area (Å²) in [6.45, 7) is 10.4. The third-order valence-electron chi connectivity index (χ3n) is 19.8. The van der Waals surface area contributed by atoms with Gasteiger partial charge in [0.05, 0.1) is 33.2 Å². The molecule has 3 fully saturated rings. The lowest BCUT2D eigenvalue weighted by atomic mass is 9.68. The third kappa shape index (κ3) is 12.9. The largest absolute Gasteiger partial charge is 0.497 e. The molecule has 3 saturated heterocycles. The molecule has 2 aromatic heterocycles. The molecule has 92 heavy (non-hydrogen) atoms. The van der Waals surface area contributed by atoms with Gasteiger partial charge in [0.1, 0.15) is 22.8 Å². The Bertz CT molecular complexity index is 3990. The second-order valence-electron chi connectivity index (χ2n) is 24.6. The number of methoxy groups -OCH3 is 3. The van der Waals surface area contributed by atoms with Gasteiger partial charge in [0.25, 0.3) is 0 Å². The Kier molecular flexibility index (Phi) is 19.8. The van der Waals surface area contributed by atoms with E-state index in [1.165, 1.54) is 66.8 Å². The molecule has 4 N–H and O–H groups in total. The molecule has 3 aliphatic rings. The van der Waals surface area contributed by atoms with E-state index in [1.807, 2.05) is 6.20 Å². The van der Waals surface area contributed by atoms with Crippen molar-refractivity contribution < 1.29 is 14.2 Å². The van der Waals surface area contributed by atoms with E-state index in [-0.39, 0.29) is 16.2 Å². The van der Waals surface area contributed by atoms with Gasteiger partial charge < -0.3 is 30.2 Å². The second kappa shape index (κ2) is 28.8. The molecule has 0 aliphatic carbocycles. The molecular formula is C81H84BrN7O3. The molecule has 3 aliphatic heterocycles. The highest BCUT2D eigenvalue weighted by molar-refractivity contribution is 9.10. The first kappa shape index (κ1) is 63.3. The van der Waals surface area contributed by atoms with Crippen LogP contribution in [0.2, 0.25) is 0 Å². The molecule has 0 spiro atoms. The number of ether oxygens (including phenoxy) is 3. The maximum Gasteiger partial charge on any atom is 0.138 e. The summed E-state index contributed by atoms with van der Waals surface area (Å²) >= 11 is 3.53. The van der Waals surface area contributed by atoms with Gasteiger partial charge in [-0.25, -0.2) is 0 Å². The Morgan fingerprint density at radius 1 is 0.391 bits per heavy atom.